The standard InChI is InChI=1S/C15H20F3N/c1-2-9-3-5-10(6-4-9)15(19)14-12(17)7-11(16)8-13(14)18/h7-10,15H,2-6,19H2,1H3. The maximum absolute atomic E-state index is 13.7. The van der Waals surface area contributed by atoms with E-state index >= 15 is 0 Å². The maximum atomic E-state index is 13.7. The van der Waals surface area contributed by atoms with Gasteiger partial charge in [-0.1, -0.05) is 26.2 Å². The molecule has 0 spiro atoms. The Morgan fingerprint density at radius 2 is 1.63 bits per heavy atom. The minimum absolute atomic E-state index is 0.0808. The van der Waals surface area contributed by atoms with Crippen LogP contribution in [-0.4, -0.2) is 0 Å². The van der Waals surface area contributed by atoms with E-state index in [1.165, 1.54) is 0 Å². The molecule has 1 nitrogen and oxygen atoms in total. The number of nitrogens with two attached hydrogens (primary N) is 1. The molecule has 1 aromatic carbocycles. The highest BCUT2D eigenvalue weighted by Crippen LogP contribution is 2.38. The second-order valence-corrected chi connectivity index (χ2v) is 5.50. The molecule has 0 saturated heterocycles. The summed E-state index contributed by atoms with van der Waals surface area (Å²) in [4.78, 5) is 0. The molecule has 0 heterocycles. The van der Waals surface area contributed by atoms with Gasteiger partial charge in [0.05, 0.1) is 0 Å². The van der Waals surface area contributed by atoms with Crippen LogP contribution in [0.25, 0.3) is 0 Å². The van der Waals surface area contributed by atoms with Gasteiger partial charge in [0.15, 0.2) is 0 Å². The lowest BCUT2D eigenvalue weighted by molar-refractivity contribution is 0.235. The maximum Gasteiger partial charge on any atom is 0.133 e. The Balaban J connectivity index is 2.14. The molecule has 2 rings (SSSR count). The molecular weight excluding hydrogens is 251 g/mol. The Morgan fingerprint density at radius 1 is 1.11 bits per heavy atom. The number of hydrogen-bond acceptors (Lipinski definition) is 1. The lowest BCUT2D eigenvalue weighted by atomic mass is 9.76. The molecule has 0 radical (unpaired) electrons. The molecule has 0 aromatic heterocycles. The highest BCUT2D eigenvalue weighted by Gasteiger charge is 2.29. The Bertz CT molecular complexity index is 416. The van der Waals surface area contributed by atoms with Gasteiger partial charge in [-0.3, -0.25) is 0 Å². The topological polar surface area (TPSA) is 26.0 Å². The lowest BCUT2D eigenvalue weighted by Gasteiger charge is -2.32. The Hall–Kier alpha value is -1.03. The zero-order valence-electron chi connectivity index (χ0n) is 11.1. The molecular formula is C15H20F3N. The van der Waals surface area contributed by atoms with Crippen LogP contribution in [0.1, 0.15) is 50.6 Å². The normalized spacial score (nSPS) is 25.3. The summed E-state index contributed by atoms with van der Waals surface area (Å²) >= 11 is 0. The van der Waals surface area contributed by atoms with Crippen molar-refractivity contribution < 1.29 is 13.2 Å². The second kappa shape index (κ2) is 5.95. The van der Waals surface area contributed by atoms with Gasteiger partial charge in [-0.25, -0.2) is 13.2 Å². The van der Waals surface area contributed by atoms with Crippen molar-refractivity contribution in [3.8, 4) is 0 Å². The van der Waals surface area contributed by atoms with Crippen LogP contribution in [0.15, 0.2) is 12.1 Å². The molecule has 1 saturated carbocycles. The summed E-state index contributed by atoms with van der Waals surface area (Å²) in [5.74, 6) is -1.87. The highest BCUT2D eigenvalue weighted by molar-refractivity contribution is 5.24. The second-order valence-electron chi connectivity index (χ2n) is 5.50. The summed E-state index contributed by atoms with van der Waals surface area (Å²) in [7, 11) is 0. The fraction of sp³-hybridized carbons (Fsp3) is 0.600. The van der Waals surface area contributed by atoms with Crippen molar-refractivity contribution in [2.75, 3.05) is 0 Å². The smallest absolute Gasteiger partial charge is 0.133 e. The van der Waals surface area contributed by atoms with Crippen LogP contribution in [-0.2, 0) is 0 Å². The van der Waals surface area contributed by atoms with Crippen LogP contribution in [0, 0.1) is 29.3 Å². The molecule has 1 atom stereocenters. The van der Waals surface area contributed by atoms with E-state index < -0.39 is 23.5 Å². The molecule has 106 valence electrons. The van der Waals surface area contributed by atoms with Gasteiger partial charge >= 0.3 is 0 Å². The van der Waals surface area contributed by atoms with E-state index in [0.29, 0.717) is 18.1 Å². The number of hydrogen-bond donors (Lipinski definition) is 1. The zero-order valence-corrected chi connectivity index (χ0v) is 11.1. The molecule has 1 aliphatic carbocycles. The van der Waals surface area contributed by atoms with Crippen LogP contribution in [0.2, 0.25) is 0 Å². The largest absolute Gasteiger partial charge is 0.324 e. The third kappa shape index (κ3) is 3.11. The highest BCUT2D eigenvalue weighted by atomic mass is 19.1. The number of benzene rings is 1. The van der Waals surface area contributed by atoms with Crippen molar-refractivity contribution in [2.45, 2.75) is 45.1 Å². The average Bonchev–Trinajstić information content (AvgIpc) is 2.37. The fourth-order valence-corrected chi connectivity index (χ4v) is 3.06. The minimum atomic E-state index is -0.902. The van der Waals surface area contributed by atoms with Gasteiger partial charge in [0, 0.05) is 23.7 Å². The average molecular weight is 271 g/mol. The quantitative estimate of drug-likeness (QED) is 0.870. The number of rotatable bonds is 3. The Kier molecular flexibility index (Phi) is 4.50. The van der Waals surface area contributed by atoms with Crippen LogP contribution >= 0.6 is 0 Å². The molecule has 1 fully saturated rings. The fourth-order valence-electron chi connectivity index (χ4n) is 3.06. The first-order valence-electron chi connectivity index (χ1n) is 6.93. The first kappa shape index (κ1) is 14.4. The summed E-state index contributed by atoms with van der Waals surface area (Å²) in [5.41, 5.74) is 5.84. The van der Waals surface area contributed by atoms with Crippen molar-refractivity contribution in [1.29, 1.82) is 0 Å². The van der Waals surface area contributed by atoms with Gasteiger partial charge in [-0.15, -0.1) is 0 Å². The molecule has 4 heteroatoms. The molecule has 2 N–H and O–H groups in total. The van der Waals surface area contributed by atoms with Gasteiger partial charge in [0.2, 0.25) is 0 Å². The van der Waals surface area contributed by atoms with Crippen LogP contribution in [0.4, 0.5) is 13.2 Å². The van der Waals surface area contributed by atoms with Crippen molar-refractivity contribution in [2.24, 2.45) is 17.6 Å². The summed E-state index contributed by atoms with van der Waals surface area (Å²) in [5, 5.41) is 0. The third-order valence-electron chi connectivity index (χ3n) is 4.35. The first-order chi connectivity index (χ1) is 9.02. The van der Waals surface area contributed by atoms with Crippen LogP contribution in [0.3, 0.4) is 0 Å². The SMILES string of the molecule is CCC1CCC(C(N)c2c(F)cc(F)cc2F)CC1. The first-order valence-corrected chi connectivity index (χ1v) is 6.93. The summed E-state index contributed by atoms with van der Waals surface area (Å²) in [6.45, 7) is 2.16. The Morgan fingerprint density at radius 3 is 2.11 bits per heavy atom. The summed E-state index contributed by atoms with van der Waals surface area (Å²) in [6.07, 6.45) is 5.02. The van der Waals surface area contributed by atoms with E-state index in [-0.39, 0.29) is 11.5 Å². The minimum Gasteiger partial charge on any atom is -0.324 e. The van der Waals surface area contributed by atoms with Gasteiger partial charge in [-0.2, -0.15) is 0 Å². The van der Waals surface area contributed by atoms with E-state index in [9.17, 15) is 13.2 Å². The van der Waals surface area contributed by atoms with Gasteiger partial charge < -0.3 is 5.73 Å². The van der Waals surface area contributed by atoms with E-state index in [2.05, 4.69) is 6.92 Å². The van der Waals surface area contributed by atoms with E-state index in [1.54, 1.807) is 0 Å². The molecule has 0 aliphatic heterocycles. The monoisotopic (exact) mass is 271 g/mol. The predicted octanol–water partition coefficient (Wildman–Crippen LogP) is 4.32. The van der Waals surface area contributed by atoms with Crippen molar-refractivity contribution in [3.63, 3.8) is 0 Å². The van der Waals surface area contributed by atoms with E-state index in [4.69, 9.17) is 5.73 Å². The molecule has 1 unspecified atom stereocenters. The molecule has 0 bridgehead atoms. The van der Waals surface area contributed by atoms with Gasteiger partial charge in [0.25, 0.3) is 0 Å². The van der Waals surface area contributed by atoms with Gasteiger partial charge in [-0.05, 0) is 24.7 Å². The van der Waals surface area contributed by atoms with Crippen LogP contribution in [0.5, 0.6) is 0 Å². The molecule has 0 amide bonds. The predicted molar refractivity (Wildman–Crippen MR) is 69.0 cm³/mol. The summed E-state index contributed by atoms with van der Waals surface area (Å²) in [6, 6.07) is 0.727. The third-order valence-corrected chi connectivity index (χ3v) is 4.35. The van der Waals surface area contributed by atoms with E-state index in [1.807, 2.05) is 0 Å². The molecule has 1 aromatic rings. The Labute approximate surface area is 112 Å². The van der Waals surface area contributed by atoms with Crippen LogP contribution < -0.4 is 5.73 Å². The molecule has 1 aliphatic rings. The molecule has 19 heavy (non-hydrogen) atoms. The zero-order chi connectivity index (χ0) is 14.0. The lowest BCUT2D eigenvalue weighted by Crippen LogP contribution is -2.27. The van der Waals surface area contributed by atoms with E-state index in [0.717, 1.165) is 32.1 Å². The number of halogens is 3. The van der Waals surface area contributed by atoms with Crippen molar-refractivity contribution in [3.05, 3.63) is 35.1 Å². The van der Waals surface area contributed by atoms with Crippen molar-refractivity contribution >= 4 is 0 Å². The summed E-state index contributed by atoms with van der Waals surface area (Å²) < 4.78 is 40.3. The van der Waals surface area contributed by atoms with Crippen molar-refractivity contribution in [1.82, 2.24) is 0 Å². The van der Waals surface area contributed by atoms with Gasteiger partial charge in [0.1, 0.15) is 17.5 Å².